The number of amides is 1. The summed E-state index contributed by atoms with van der Waals surface area (Å²) in [6, 6.07) is 0. The first-order valence-electron chi connectivity index (χ1n) is 3.96. The average molecular weight is 169 g/mol. The first kappa shape index (κ1) is 7.22. The Kier molecular flexibility index (Phi) is 1.68. The monoisotopic (exact) mass is 169 g/mol. The highest BCUT2D eigenvalue weighted by Crippen LogP contribution is 2.36. The Labute approximate surface area is 70.4 Å². The van der Waals surface area contributed by atoms with Crippen molar-refractivity contribution < 1.29 is 4.79 Å². The summed E-state index contributed by atoms with van der Waals surface area (Å²) >= 11 is 1.79. The first-order valence-corrected chi connectivity index (χ1v) is 4.94. The second-order valence-electron chi connectivity index (χ2n) is 3.02. The summed E-state index contributed by atoms with van der Waals surface area (Å²) in [5, 5.41) is 4.06. The van der Waals surface area contributed by atoms with E-state index in [1.165, 1.54) is 12.0 Å². The molecule has 2 rings (SSSR count). The van der Waals surface area contributed by atoms with Crippen molar-refractivity contribution in [1.29, 1.82) is 0 Å². The van der Waals surface area contributed by atoms with Crippen LogP contribution in [0.15, 0.2) is 10.6 Å². The molecule has 1 atom stereocenters. The highest BCUT2D eigenvalue weighted by Gasteiger charge is 2.30. The van der Waals surface area contributed by atoms with Crippen LogP contribution in [-0.4, -0.2) is 11.7 Å². The smallest absolute Gasteiger partial charge is 0.231 e. The number of hydrogen-bond donors (Lipinski definition) is 1. The predicted molar refractivity (Wildman–Crippen MR) is 46.0 cm³/mol. The zero-order valence-electron chi connectivity index (χ0n) is 6.52. The van der Waals surface area contributed by atoms with E-state index >= 15 is 0 Å². The van der Waals surface area contributed by atoms with Crippen molar-refractivity contribution in [2.45, 2.75) is 19.8 Å². The van der Waals surface area contributed by atoms with E-state index < -0.39 is 0 Å². The first-order chi connectivity index (χ1) is 5.29. The van der Waals surface area contributed by atoms with Gasteiger partial charge in [0.05, 0.1) is 10.9 Å². The Hall–Kier alpha value is -0.440. The molecule has 0 aromatic heterocycles. The summed E-state index contributed by atoms with van der Waals surface area (Å²) < 4.78 is 0. The van der Waals surface area contributed by atoms with Gasteiger partial charge >= 0.3 is 0 Å². The maximum Gasteiger partial charge on any atom is 0.231 e. The summed E-state index contributed by atoms with van der Waals surface area (Å²) in [7, 11) is 0. The summed E-state index contributed by atoms with van der Waals surface area (Å²) in [5.41, 5.74) is 1.34. The number of carbonyl (C=O) groups is 1. The van der Waals surface area contributed by atoms with E-state index in [4.69, 9.17) is 0 Å². The molecule has 2 aliphatic rings. The lowest BCUT2D eigenvalue weighted by Gasteiger charge is -2.13. The highest BCUT2D eigenvalue weighted by atomic mass is 32.2. The molecule has 2 heterocycles. The minimum atomic E-state index is 0.137. The van der Waals surface area contributed by atoms with Crippen molar-refractivity contribution >= 4 is 17.7 Å². The van der Waals surface area contributed by atoms with Gasteiger partial charge in [0.15, 0.2) is 0 Å². The zero-order valence-corrected chi connectivity index (χ0v) is 7.33. The van der Waals surface area contributed by atoms with Gasteiger partial charge in [0.25, 0.3) is 0 Å². The van der Waals surface area contributed by atoms with Crippen molar-refractivity contribution in [3.05, 3.63) is 10.6 Å². The quantitative estimate of drug-likeness (QED) is 0.595. The van der Waals surface area contributed by atoms with Crippen LogP contribution >= 0.6 is 11.8 Å². The van der Waals surface area contributed by atoms with E-state index in [1.54, 1.807) is 11.8 Å². The van der Waals surface area contributed by atoms with Crippen molar-refractivity contribution in [2.24, 2.45) is 5.92 Å². The van der Waals surface area contributed by atoms with Gasteiger partial charge in [0.2, 0.25) is 5.91 Å². The molecule has 3 heteroatoms. The van der Waals surface area contributed by atoms with E-state index in [1.807, 2.05) is 6.92 Å². The summed E-state index contributed by atoms with van der Waals surface area (Å²) in [5.74, 6) is 1.48. The van der Waals surface area contributed by atoms with Crippen LogP contribution in [0.5, 0.6) is 0 Å². The van der Waals surface area contributed by atoms with Crippen molar-refractivity contribution in [3.8, 4) is 0 Å². The van der Waals surface area contributed by atoms with Crippen LogP contribution in [0.4, 0.5) is 0 Å². The van der Waals surface area contributed by atoms with E-state index in [2.05, 4.69) is 5.32 Å². The minimum Gasteiger partial charge on any atom is -0.320 e. The molecule has 60 valence electrons. The lowest BCUT2D eigenvalue weighted by atomic mass is 10.00. The number of carbonyl (C=O) groups excluding carboxylic acids is 1. The molecule has 0 aliphatic carbocycles. The Balaban J connectivity index is 2.27. The molecular formula is C8H11NOS. The number of thioether (sulfide) groups is 1. The number of nitrogens with one attached hydrogen (secondary N) is 1. The van der Waals surface area contributed by atoms with Crippen LogP contribution in [-0.2, 0) is 4.79 Å². The third kappa shape index (κ3) is 1.07. The van der Waals surface area contributed by atoms with Crippen LogP contribution in [0.25, 0.3) is 0 Å². The van der Waals surface area contributed by atoms with Crippen LogP contribution < -0.4 is 5.32 Å². The maximum atomic E-state index is 11.2. The standard InChI is InChI=1S/C8H11NOS/c1-5-6-3-2-4-11-8(6)9-7(5)10/h5H,2-4H2,1H3,(H,9,10). The van der Waals surface area contributed by atoms with Gasteiger partial charge < -0.3 is 5.32 Å². The van der Waals surface area contributed by atoms with E-state index in [-0.39, 0.29) is 11.8 Å². The molecule has 1 amide bonds. The Morgan fingerprint density at radius 3 is 3.18 bits per heavy atom. The van der Waals surface area contributed by atoms with Crippen molar-refractivity contribution in [3.63, 3.8) is 0 Å². The van der Waals surface area contributed by atoms with Crippen molar-refractivity contribution in [1.82, 2.24) is 5.32 Å². The molecule has 0 aromatic carbocycles. The molecule has 11 heavy (non-hydrogen) atoms. The SMILES string of the molecule is CC1C(=O)NC2=C1CCCS2. The largest absolute Gasteiger partial charge is 0.320 e. The summed E-state index contributed by atoms with van der Waals surface area (Å²) in [6.45, 7) is 1.99. The maximum absolute atomic E-state index is 11.2. The molecule has 0 spiro atoms. The minimum absolute atomic E-state index is 0.137. The number of hydrogen-bond acceptors (Lipinski definition) is 2. The van der Waals surface area contributed by atoms with Gasteiger partial charge in [0.1, 0.15) is 0 Å². The summed E-state index contributed by atoms with van der Waals surface area (Å²) in [4.78, 5) is 11.2. The van der Waals surface area contributed by atoms with Gasteiger partial charge in [-0.3, -0.25) is 4.79 Å². The normalized spacial score (nSPS) is 30.3. The zero-order chi connectivity index (χ0) is 7.84. The molecule has 2 nitrogen and oxygen atoms in total. The molecule has 0 saturated heterocycles. The lowest BCUT2D eigenvalue weighted by Crippen LogP contribution is -2.18. The molecule has 1 N–H and O–H groups in total. The van der Waals surface area contributed by atoms with Crippen LogP contribution in [0.1, 0.15) is 19.8 Å². The molecule has 0 radical (unpaired) electrons. The average Bonchev–Trinajstić information content (AvgIpc) is 2.30. The van der Waals surface area contributed by atoms with E-state index in [9.17, 15) is 4.79 Å². The molecule has 1 unspecified atom stereocenters. The molecule has 0 bridgehead atoms. The highest BCUT2D eigenvalue weighted by molar-refractivity contribution is 8.03. The Bertz CT molecular complexity index is 234. The second kappa shape index (κ2) is 2.55. The van der Waals surface area contributed by atoms with Gasteiger partial charge in [0, 0.05) is 0 Å². The van der Waals surface area contributed by atoms with Gasteiger partial charge in [-0.05, 0) is 31.1 Å². The van der Waals surface area contributed by atoms with Crippen LogP contribution in [0, 0.1) is 5.92 Å². The lowest BCUT2D eigenvalue weighted by molar-refractivity contribution is -0.121. The Morgan fingerprint density at radius 1 is 1.64 bits per heavy atom. The van der Waals surface area contributed by atoms with Gasteiger partial charge in [-0.1, -0.05) is 0 Å². The fourth-order valence-corrected chi connectivity index (χ4v) is 2.68. The predicted octanol–water partition coefficient (Wildman–Crippen LogP) is 1.49. The van der Waals surface area contributed by atoms with Crippen LogP contribution in [0.3, 0.4) is 0 Å². The Morgan fingerprint density at radius 2 is 2.45 bits per heavy atom. The molecule has 2 aliphatic heterocycles. The third-order valence-corrected chi connectivity index (χ3v) is 3.43. The molecule has 0 aromatic rings. The topological polar surface area (TPSA) is 29.1 Å². The van der Waals surface area contributed by atoms with Gasteiger partial charge in [-0.2, -0.15) is 0 Å². The second-order valence-corrected chi connectivity index (χ2v) is 4.12. The summed E-state index contributed by atoms with van der Waals surface area (Å²) in [6.07, 6.45) is 2.34. The van der Waals surface area contributed by atoms with E-state index in [0.29, 0.717) is 0 Å². The fourth-order valence-electron chi connectivity index (χ4n) is 1.55. The number of rotatable bonds is 0. The van der Waals surface area contributed by atoms with E-state index in [0.717, 1.165) is 17.2 Å². The van der Waals surface area contributed by atoms with Crippen molar-refractivity contribution in [2.75, 3.05) is 5.75 Å². The molecule has 0 saturated carbocycles. The van der Waals surface area contributed by atoms with Gasteiger partial charge in [-0.25, -0.2) is 0 Å². The molecule has 0 fully saturated rings. The molecular weight excluding hydrogens is 158 g/mol. The van der Waals surface area contributed by atoms with Crippen LogP contribution in [0.2, 0.25) is 0 Å². The van der Waals surface area contributed by atoms with Gasteiger partial charge in [-0.15, -0.1) is 11.8 Å². The third-order valence-electron chi connectivity index (χ3n) is 2.28. The fraction of sp³-hybridized carbons (Fsp3) is 0.625.